The van der Waals surface area contributed by atoms with Gasteiger partial charge in [0.1, 0.15) is 12.1 Å². The average molecular weight is 853 g/mol. The molecule has 0 aromatic carbocycles. The molecule has 2 atom stereocenters. The Kier molecular flexibility index (Phi) is 43.0. The zero-order valence-corrected chi connectivity index (χ0v) is 38.6. The van der Waals surface area contributed by atoms with Crippen LogP contribution < -0.4 is 10.6 Å². The summed E-state index contributed by atoms with van der Waals surface area (Å²) in [7, 11) is 0. The number of unbranched alkanes of at least 4 members (excludes halogenated alkanes) is 17. The summed E-state index contributed by atoms with van der Waals surface area (Å²) in [6.45, 7) is 3.36. The summed E-state index contributed by atoms with van der Waals surface area (Å²) in [5, 5.41) is 22.6. The number of carboxylic acids is 1. The lowest BCUT2D eigenvalue weighted by Gasteiger charge is -2.18. The van der Waals surface area contributed by atoms with Crippen LogP contribution in [-0.4, -0.2) is 59.3 Å². The fourth-order valence-corrected chi connectivity index (χ4v) is 6.78. The number of aliphatic hydroxyl groups excluding tert-OH is 1. The minimum Gasteiger partial charge on any atom is -0.480 e. The van der Waals surface area contributed by atoms with Gasteiger partial charge in [0.25, 0.3) is 0 Å². The zero-order chi connectivity index (χ0) is 44.7. The van der Waals surface area contributed by atoms with Gasteiger partial charge < -0.3 is 25.6 Å². The second kappa shape index (κ2) is 45.8. The number of hydrogen-bond acceptors (Lipinski definition) is 6. The van der Waals surface area contributed by atoms with E-state index in [1.165, 1.54) is 57.8 Å². The van der Waals surface area contributed by atoms with E-state index < -0.39 is 24.5 Å². The summed E-state index contributed by atoms with van der Waals surface area (Å²) in [6, 6.07) is -1.39. The van der Waals surface area contributed by atoms with Gasteiger partial charge in [-0.05, 0) is 89.9 Å². The van der Waals surface area contributed by atoms with Crippen molar-refractivity contribution in [1.82, 2.24) is 10.6 Å². The van der Waals surface area contributed by atoms with Gasteiger partial charge in [0.15, 0.2) is 0 Å². The molecule has 0 bridgehead atoms. The first kappa shape index (κ1) is 57.3. The molecule has 0 aliphatic heterocycles. The number of allylic oxidation sites excluding steroid dienone is 12. The largest absolute Gasteiger partial charge is 0.480 e. The molecule has 0 aliphatic rings. The minimum absolute atomic E-state index is 0.0295. The molecule has 348 valence electrons. The van der Waals surface area contributed by atoms with Gasteiger partial charge in [-0.25, -0.2) is 4.79 Å². The van der Waals surface area contributed by atoms with Crippen molar-refractivity contribution in [2.75, 3.05) is 13.2 Å². The molecule has 0 aliphatic carbocycles. The molecule has 0 radical (unpaired) electrons. The predicted molar refractivity (Wildman–Crippen MR) is 254 cm³/mol. The van der Waals surface area contributed by atoms with E-state index >= 15 is 0 Å². The fraction of sp³-hybridized carbons (Fsp3) is 0.692. The van der Waals surface area contributed by atoms with Crippen molar-refractivity contribution in [2.45, 2.75) is 219 Å². The first-order chi connectivity index (χ1) is 29.8. The van der Waals surface area contributed by atoms with E-state index in [1.54, 1.807) is 0 Å². The highest BCUT2D eigenvalue weighted by Gasteiger charge is 2.19. The van der Waals surface area contributed by atoms with Crippen LogP contribution in [0.3, 0.4) is 0 Å². The van der Waals surface area contributed by atoms with Gasteiger partial charge in [0.2, 0.25) is 11.8 Å². The summed E-state index contributed by atoms with van der Waals surface area (Å²) in [4.78, 5) is 47.7. The van der Waals surface area contributed by atoms with Crippen LogP contribution in [0.2, 0.25) is 0 Å². The molecule has 0 saturated heterocycles. The van der Waals surface area contributed by atoms with Gasteiger partial charge >= 0.3 is 11.9 Å². The van der Waals surface area contributed by atoms with E-state index in [9.17, 15) is 19.2 Å². The number of ether oxygens (including phenoxy) is 1. The highest BCUT2D eigenvalue weighted by atomic mass is 16.5. The lowest BCUT2D eigenvalue weighted by molar-refractivity contribution is -0.150. The van der Waals surface area contributed by atoms with Gasteiger partial charge in [0, 0.05) is 12.8 Å². The Morgan fingerprint density at radius 1 is 0.508 bits per heavy atom. The third-order valence-corrected chi connectivity index (χ3v) is 10.5. The van der Waals surface area contributed by atoms with Crippen molar-refractivity contribution < 1.29 is 34.1 Å². The molecule has 2 unspecified atom stereocenters. The number of aliphatic carboxylic acids is 1. The van der Waals surface area contributed by atoms with E-state index in [-0.39, 0.29) is 30.9 Å². The van der Waals surface area contributed by atoms with Crippen LogP contribution in [0, 0.1) is 0 Å². The van der Waals surface area contributed by atoms with Crippen LogP contribution in [0.5, 0.6) is 0 Å². The lowest BCUT2D eigenvalue weighted by Crippen LogP contribution is -2.47. The second-order valence-corrected chi connectivity index (χ2v) is 16.2. The molecule has 0 aromatic heterocycles. The molecular formula is C52H88N2O7. The normalized spacial score (nSPS) is 13.1. The van der Waals surface area contributed by atoms with Crippen LogP contribution in [0.4, 0.5) is 0 Å². The Morgan fingerprint density at radius 3 is 1.41 bits per heavy atom. The molecule has 0 saturated carbocycles. The minimum atomic E-state index is -1.39. The van der Waals surface area contributed by atoms with E-state index in [4.69, 9.17) is 14.9 Å². The van der Waals surface area contributed by atoms with E-state index in [0.717, 1.165) is 116 Å². The van der Waals surface area contributed by atoms with Crippen LogP contribution in [-0.2, 0) is 23.9 Å². The van der Waals surface area contributed by atoms with E-state index in [0.29, 0.717) is 12.8 Å². The first-order valence-electron chi connectivity index (χ1n) is 24.3. The SMILES string of the molecule is CC/C=C\C/C=C\C/C=C\C/C=C\C/C=C\C/C=C\CCCCCCC(=O)OC(CCCCCCCCCCCC)CCCCCCCC(=O)NCC(=O)NC(CO)C(=O)O. The monoisotopic (exact) mass is 853 g/mol. The third kappa shape index (κ3) is 42.8. The number of esters is 1. The highest BCUT2D eigenvalue weighted by Crippen LogP contribution is 2.19. The highest BCUT2D eigenvalue weighted by molar-refractivity contribution is 5.87. The lowest BCUT2D eigenvalue weighted by atomic mass is 10.0. The maximum atomic E-state index is 12.8. The van der Waals surface area contributed by atoms with Crippen LogP contribution in [0.15, 0.2) is 72.9 Å². The Balaban J connectivity index is 4.28. The molecule has 0 rings (SSSR count). The average Bonchev–Trinajstić information content (AvgIpc) is 3.25. The second-order valence-electron chi connectivity index (χ2n) is 16.2. The third-order valence-electron chi connectivity index (χ3n) is 10.5. The number of hydrogen-bond donors (Lipinski definition) is 4. The quantitative estimate of drug-likeness (QED) is 0.0272. The molecule has 4 N–H and O–H groups in total. The van der Waals surface area contributed by atoms with Crippen LogP contribution >= 0.6 is 0 Å². The Hall–Kier alpha value is -3.72. The van der Waals surface area contributed by atoms with Gasteiger partial charge in [0.05, 0.1) is 13.2 Å². The van der Waals surface area contributed by atoms with Gasteiger partial charge in [-0.2, -0.15) is 0 Å². The van der Waals surface area contributed by atoms with Crippen molar-refractivity contribution in [3.05, 3.63) is 72.9 Å². The Morgan fingerprint density at radius 2 is 0.934 bits per heavy atom. The van der Waals surface area contributed by atoms with Crippen molar-refractivity contribution in [3.63, 3.8) is 0 Å². The van der Waals surface area contributed by atoms with Gasteiger partial charge in [-0.3, -0.25) is 14.4 Å². The molecule has 2 amide bonds. The van der Waals surface area contributed by atoms with Gasteiger partial charge in [-0.1, -0.05) is 177 Å². The Labute approximate surface area is 372 Å². The van der Waals surface area contributed by atoms with Crippen molar-refractivity contribution in [2.24, 2.45) is 0 Å². The maximum absolute atomic E-state index is 12.8. The standard InChI is InChI=1S/C52H88N2O7/c1-3-5-7-9-11-13-15-16-17-18-19-20-21-22-23-24-25-26-27-29-31-36-40-44-51(58)61-47(41-37-33-30-28-14-12-10-8-6-4-2)42-38-34-32-35-39-43-49(56)53-45-50(57)54-48(46-55)52(59)60/h5,7,11,13,16-17,19-20,22-23,25-26,47-48,55H,3-4,6,8-10,12,14-15,18,21,24,27-46H2,1-2H3,(H,53,56)(H,54,57)(H,59,60)/b7-5-,13-11-,17-16-,20-19-,23-22-,26-25-. The summed E-state index contributed by atoms with van der Waals surface area (Å²) < 4.78 is 6.03. The Bertz CT molecular complexity index is 1250. The summed E-state index contributed by atoms with van der Waals surface area (Å²) >= 11 is 0. The number of carbonyl (C=O) groups excluding carboxylic acids is 3. The van der Waals surface area contributed by atoms with Gasteiger partial charge in [-0.15, -0.1) is 0 Å². The maximum Gasteiger partial charge on any atom is 0.328 e. The number of aliphatic hydroxyl groups is 1. The fourth-order valence-electron chi connectivity index (χ4n) is 6.78. The summed E-state index contributed by atoms with van der Waals surface area (Å²) in [5.41, 5.74) is 0. The van der Waals surface area contributed by atoms with E-state index in [2.05, 4.69) is 97.4 Å². The molecule has 0 spiro atoms. The van der Waals surface area contributed by atoms with Crippen molar-refractivity contribution in [1.29, 1.82) is 0 Å². The molecule has 0 aromatic rings. The molecule has 61 heavy (non-hydrogen) atoms. The number of rotatable bonds is 43. The summed E-state index contributed by atoms with van der Waals surface area (Å²) in [6.07, 6.45) is 57.9. The number of nitrogens with one attached hydrogen (secondary N) is 2. The van der Waals surface area contributed by atoms with Crippen LogP contribution in [0.1, 0.15) is 206 Å². The molecule has 0 heterocycles. The molecule has 9 heteroatoms. The first-order valence-corrected chi connectivity index (χ1v) is 24.3. The van der Waals surface area contributed by atoms with Crippen molar-refractivity contribution >= 4 is 23.8 Å². The molecular weight excluding hydrogens is 765 g/mol. The molecule has 9 nitrogen and oxygen atoms in total. The predicted octanol–water partition coefficient (Wildman–Crippen LogP) is 12.7. The topological polar surface area (TPSA) is 142 Å². The number of amides is 2. The molecule has 0 fully saturated rings. The number of carboxylic acid groups (broad SMARTS) is 1. The smallest absolute Gasteiger partial charge is 0.328 e. The van der Waals surface area contributed by atoms with E-state index in [1.807, 2.05) is 0 Å². The van der Waals surface area contributed by atoms with Crippen molar-refractivity contribution in [3.8, 4) is 0 Å². The summed E-state index contributed by atoms with van der Waals surface area (Å²) in [5.74, 6) is -2.32. The number of carbonyl (C=O) groups is 4. The zero-order valence-electron chi connectivity index (χ0n) is 38.6. The van der Waals surface area contributed by atoms with Crippen LogP contribution in [0.25, 0.3) is 0 Å².